The number of morpholine rings is 1. The molecule has 0 aliphatic carbocycles. The van der Waals surface area contributed by atoms with Crippen LogP contribution in [0.25, 0.3) is 11.3 Å². The number of carbonyl (C=O) groups is 1. The Bertz CT molecular complexity index is 860. The first-order valence-corrected chi connectivity index (χ1v) is 8.69. The minimum atomic E-state index is -0.0997. The molecule has 1 aliphatic heterocycles. The third kappa shape index (κ3) is 3.39. The Morgan fingerprint density at radius 2 is 1.85 bits per heavy atom. The standard InChI is InChI=1S/C21H20N2O3/c1-15-12-23(13-20(26-15)16-5-3-2-4-6-16)21(24)18-9-7-17(8-10-18)19-11-22-14-25-19/h2-11,14-15,20H,12-13H2,1H3/t15-,20+/m1/s1. The Morgan fingerprint density at radius 1 is 1.08 bits per heavy atom. The summed E-state index contributed by atoms with van der Waals surface area (Å²) in [5.41, 5.74) is 2.66. The Kier molecular flexibility index (Phi) is 4.54. The molecule has 5 nitrogen and oxygen atoms in total. The maximum Gasteiger partial charge on any atom is 0.254 e. The molecule has 1 aliphatic rings. The van der Waals surface area contributed by atoms with Crippen LogP contribution in [-0.2, 0) is 4.74 Å². The largest absolute Gasteiger partial charge is 0.444 e. The van der Waals surface area contributed by atoms with Gasteiger partial charge in [0.2, 0.25) is 0 Å². The van der Waals surface area contributed by atoms with Gasteiger partial charge in [-0.3, -0.25) is 4.79 Å². The summed E-state index contributed by atoms with van der Waals surface area (Å²) in [6.45, 7) is 3.14. The quantitative estimate of drug-likeness (QED) is 0.719. The summed E-state index contributed by atoms with van der Waals surface area (Å²) in [5.74, 6) is 0.707. The fourth-order valence-electron chi connectivity index (χ4n) is 3.29. The zero-order chi connectivity index (χ0) is 17.9. The molecule has 0 N–H and O–H groups in total. The molecule has 0 saturated carbocycles. The van der Waals surface area contributed by atoms with Gasteiger partial charge in [0.05, 0.1) is 18.8 Å². The summed E-state index contributed by atoms with van der Waals surface area (Å²) < 4.78 is 11.3. The minimum Gasteiger partial charge on any atom is -0.444 e. The van der Waals surface area contributed by atoms with Crippen molar-refractivity contribution in [3.05, 3.63) is 78.3 Å². The molecule has 0 radical (unpaired) electrons. The van der Waals surface area contributed by atoms with E-state index in [0.29, 0.717) is 24.4 Å². The number of oxazole rings is 1. The normalized spacial score (nSPS) is 20.1. The summed E-state index contributed by atoms with van der Waals surface area (Å²) in [6, 6.07) is 17.5. The lowest BCUT2D eigenvalue weighted by Crippen LogP contribution is -2.45. The van der Waals surface area contributed by atoms with E-state index in [9.17, 15) is 4.79 Å². The van der Waals surface area contributed by atoms with E-state index in [4.69, 9.17) is 9.15 Å². The van der Waals surface area contributed by atoms with E-state index in [0.717, 1.165) is 11.1 Å². The third-order valence-corrected chi connectivity index (χ3v) is 4.57. The lowest BCUT2D eigenvalue weighted by Gasteiger charge is -2.37. The fourth-order valence-corrected chi connectivity index (χ4v) is 3.29. The number of nitrogens with zero attached hydrogens (tertiary/aromatic N) is 2. The molecular formula is C21H20N2O3. The van der Waals surface area contributed by atoms with Gasteiger partial charge >= 0.3 is 0 Å². The van der Waals surface area contributed by atoms with Gasteiger partial charge in [-0.1, -0.05) is 42.5 Å². The highest BCUT2D eigenvalue weighted by atomic mass is 16.5. The highest BCUT2D eigenvalue weighted by Gasteiger charge is 2.29. The Morgan fingerprint density at radius 3 is 2.54 bits per heavy atom. The minimum absolute atomic E-state index is 0.00799. The van der Waals surface area contributed by atoms with E-state index in [1.807, 2.05) is 66.4 Å². The SMILES string of the molecule is C[C@@H]1CN(C(=O)c2ccc(-c3cnco3)cc2)C[C@@H](c2ccccc2)O1. The van der Waals surface area contributed by atoms with Crippen molar-refractivity contribution in [2.45, 2.75) is 19.1 Å². The van der Waals surface area contributed by atoms with Crippen molar-refractivity contribution in [3.63, 3.8) is 0 Å². The summed E-state index contributed by atoms with van der Waals surface area (Å²) in [7, 11) is 0. The summed E-state index contributed by atoms with van der Waals surface area (Å²) in [6.07, 6.45) is 2.95. The number of carbonyl (C=O) groups excluding carboxylic acids is 1. The number of hydrogen-bond acceptors (Lipinski definition) is 4. The van der Waals surface area contributed by atoms with E-state index < -0.39 is 0 Å². The second kappa shape index (κ2) is 7.14. The third-order valence-electron chi connectivity index (χ3n) is 4.57. The zero-order valence-corrected chi connectivity index (χ0v) is 14.5. The molecule has 1 amide bonds. The lowest BCUT2D eigenvalue weighted by molar-refractivity contribution is -0.0691. The molecule has 1 fully saturated rings. The van der Waals surface area contributed by atoms with Crippen molar-refractivity contribution in [1.29, 1.82) is 0 Å². The summed E-state index contributed by atoms with van der Waals surface area (Å²) in [4.78, 5) is 18.7. The van der Waals surface area contributed by atoms with Crippen molar-refractivity contribution >= 4 is 5.91 Å². The number of rotatable bonds is 3. The van der Waals surface area contributed by atoms with Gasteiger partial charge in [0, 0.05) is 17.7 Å². The van der Waals surface area contributed by atoms with Crippen LogP contribution in [-0.4, -0.2) is 35.0 Å². The van der Waals surface area contributed by atoms with E-state index in [-0.39, 0.29) is 18.1 Å². The highest BCUT2D eigenvalue weighted by molar-refractivity contribution is 5.94. The van der Waals surface area contributed by atoms with E-state index in [1.165, 1.54) is 6.39 Å². The molecule has 0 bridgehead atoms. The van der Waals surface area contributed by atoms with Gasteiger partial charge in [0.25, 0.3) is 5.91 Å². The smallest absolute Gasteiger partial charge is 0.254 e. The number of amides is 1. The number of hydrogen-bond donors (Lipinski definition) is 0. The lowest BCUT2D eigenvalue weighted by atomic mass is 10.0. The monoisotopic (exact) mass is 348 g/mol. The van der Waals surface area contributed by atoms with Gasteiger partial charge in [-0.05, 0) is 24.6 Å². The van der Waals surface area contributed by atoms with Crippen molar-refractivity contribution in [3.8, 4) is 11.3 Å². The number of ether oxygens (including phenoxy) is 1. The molecule has 1 saturated heterocycles. The van der Waals surface area contributed by atoms with Gasteiger partial charge in [0.15, 0.2) is 12.2 Å². The average molecular weight is 348 g/mol. The molecule has 2 atom stereocenters. The van der Waals surface area contributed by atoms with Crippen molar-refractivity contribution < 1.29 is 13.9 Å². The van der Waals surface area contributed by atoms with Crippen LogP contribution < -0.4 is 0 Å². The van der Waals surface area contributed by atoms with Crippen molar-refractivity contribution in [2.24, 2.45) is 0 Å². The van der Waals surface area contributed by atoms with Gasteiger partial charge < -0.3 is 14.1 Å². The first-order valence-electron chi connectivity index (χ1n) is 8.69. The van der Waals surface area contributed by atoms with Crippen LogP contribution in [0.2, 0.25) is 0 Å². The van der Waals surface area contributed by atoms with Gasteiger partial charge in [-0.2, -0.15) is 0 Å². The maximum atomic E-state index is 13.0. The predicted molar refractivity (Wildman–Crippen MR) is 97.6 cm³/mol. The van der Waals surface area contributed by atoms with Crippen LogP contribution in [0, 0.1) is 0 Å². The van der Waals surface area contributed by atoms with Crippen molar-refractivity contribution in [2.75, 3.05) is 13.1 Å². The molecule has 4 rings (SSSR count). The average Bonchev–Trinajstić information content (AvgIpc) is 3.22. The molecule has 2 aromatic carbocycles. The van der Waals surface area contributed by atoms with Crippen LogP contribution >= 0.6 is 0 Å². The first-order chi connectivity index (χ1) is 12.7. The molecule has 5 heteroatoms. The number of benzene rings is 2. The van der Waals surface area contributed by atoms with Crippen LogP contribution in [0.1, 0.15) is 28.9 Å². The zero-order valence-electron chi connectivity index (χ0n) is 14.5. The fraction of sp³-hybridized carbons (Fsp3) is 0.238. The maximum absolute atomic E-state index is 13.0. The van der Waals surface area contributed by atoms with Crippen LogP contribution in [0.3, 0.4) is 0 Å². The van der Waals surface area contributed by atoms with Gasteiger partial charge in [-0.15, -0.1) is 0 Å². The van der Waals surface area contributed by atoms with Crippen molar-refractivity contribution in [1.82, 2.24) is 9.88 Å². The van der Waals surface area contributed by atoms with E-state index in [2.05, 4.69) is 4.98 Å². The predicted octanol–water partition coefficient (Wildman–Crippen LogP) is 3.94. The van der Waals surface area contributed by atoms with Crippen LogP contribution in [0.4, 0.5) is 0 Å². The molecule has 132 valence electrons. The highest BCUT2D eigenvalue weighted by Crippen LogP contribution is 2.26. The number of aromatic nitrogens is 1. The van der Waals surface area contributed by atoms with Gasteiger partial charge in [-0.25, -0.2) is 4.98 Å². The molecule has 0 unspecified atom stereocenters. The van der Waals surface area contributed by atoms with E-state index >= 15 is 0 Å². The molecule has 2 heterocycles. The van der Waals surface area contributed by atoms with Crippen LogP contribution in [0.5, 0.6) is 0 Å². The van der Waals surface area contributed by atoms with Crippen LogP contribution in [0.15, 0.2) is 71.6 Å². The topological polar surface area (TPSA) is 55.6 Å². The summed E-state index contributed by atoms with van der Waals surface area (Å²) >= 11 is 0. The Balaban J connectivity index is 1.51. The Labute approximate surface area is 152 Å². The second-order valence-electron chi connectivity index (χ2n) is 6.50. The first kappa shape index (κ1) is 16.5. The van der Waals surface area contributed by atoms with Gasteiger partial charge in [0.1, 0.15) is 6.10 Å². The second-order valence-corrected chi connectivity index (χ2v) is 6.50. The van der Waals surface area contributed by atoms with E-state index in [1.54, 1.807) is 6.20 Å². The molecule has 26 heavy (non-hydrogen) atoms. The molecule has 0 spiro atoms. The molecular weight excluding hydrogens is 328 g/mol. The molecule has 1 aromatic heterocycles. The summed E-state index contributed by atoms with van der Waals surface area (Å²) in [5, 5.41) is 0. The Hall–Kier alpha value is -2.92. The molecule has 3 aromatic rings.